The Labute approximate surface area is 266 Å². The minimum Gasteiger partial charge on any atom is -0.475 e. The maximum Gasteiger partial charge on any atom is 0.490 e. The predicted molar refractivity (Wildman–Crippen MR) is 156 cm³/mol. The molecule has 3 aromatic rings. The molecule has 0 radical (unpaired) electrons. The summed E-state index contributed by atoms with van der Waals surface area (Å²) in [5.74, 6) is -4.33. The lowest BCUT2D eigenvalue weighted by atomic mass is 10.1. The van der Waals surface area contributed by atoms with Gasteiger partial charge in [0.15, 0.2) is 11.6 Å². The van der Waals surface area contributed by atoms with Crippen molar-refractivity contribution in [2.45, 2.75) is 31.0 Å². The molecule has 5 N–H and O–H groups in total. The molecule has 1 fully saturated rings. The predicted octanol–water partition coefficient (Wildman–Crippen LogP) is 6.59. The summed E-state index contributed by atoms with van der Waals surface area (Å²) >= 11 is 15.5. The Morgan fingerprint density at radius 2 is 1.77 bits per heavy atom. The van der Waals surface area contributed by atoms with Gasteiger partial charge in [0, 0.05) is 22.7 Å². The molecule has 0 aliphatic heterocycles. The molecule has 0 bridgehead atoms. The van der Waals surface area contributed by atoms with E-state index < -0.39 is 23.9 Å². The molecule has 1 aliphatic carbocycles. The highest BCUT2D eigenvalue weighted by Gasteiger charge is 2.42. The Morgan fingerprint density at radius 3 is 2.32 bits per heavy atom. The van der Waals surface area contributed by atoms with Gasteiger partial charge in [-0.05, 0) is 71.2 Å². The van der Waals surface area contributed by atoms with Crippen molar-refractivity contribution in [3.05, 3.63) is 85.6 Å². The fourth-order valence-electron chi connectivity index (χ4n) is 3.58. The van der Waals surface area contributed by atoms with Crippen molar-refractivity contribution in [3.63, 3.8) is 0 Å². The number of hydrogen-bond donors (Lipinski definition) is 4. The van der Waals surface area contributed by atoms with Crippen molar-refractivity contribution in [2.24, 2.45) is 5.73 Å². The topological polar surface area (TPSA) is 155 Å². The Kier molecular flexibility index (Phi) is 11.2. The molecule has 2 amide bonds. The van der Waals surface area contributed by atoms with Crippen LogP contribution in [-0.4, -0.2) is 41.2 Å². The first-order chi connectivity index (χ1) is 20.6. The zero-order valence-corrected chi connectivity index (χ0v) is 25.3. The number of ether oxygens (including phenoxy) is 1. The van der Waals surface area contributed by atoms with E-state index in [0.29, 0.717) is 16.6 Å². The van der Waals surface area contributed by atoms with E-state index in [4.69, 9.17) is 48.8 Å². The van der Waals surface area contributed by atoms with E-state index in [-0.39, 0.29) is 56.2 Å². The second-order valence-electron chi connectivity index (χ2n) is 9.40. The number of anilines is 1. The lowest BCUT2D eigenvalue weighted by molar-refractivity contribution is -0.192. The minimum absolute atomic E-state index is 0.0712. The number of nitrogens with one attached hydrogen (secondary N) is 2. The highest BCUT2D eigenvalue weighted by molar-refractivity contribution is 9.10. The molecule has 0 atom stereocenters. The van der Waals surface area contributed by atoms with Gasteiger partial charge < -0.3 is 26.2 Å². The fraction of sp³-hybridized carbons (Fsp3) is 0.214. The van der Waals surface area contributed by atoms with E-state index in [9.17, 15) is 22.8 Å². The number of carboxylic acid groups (broad SMARTS) is 1. The van der Waals surface area contributed by atoms with Crippen LogP contribution in [0.3, 0.4) is 0 Å². The molecule has 16 heteroatoms. The van der Waals surface area contributed by atoms with Crippen LogP contribution in [0.15, 0.2) is 53.0 Å². The van der Waals surface area contributed by atoms with Crippen molar-refractivity contribution in [1.29, 1.82) is 5.26 Å². The quantitative estimate of drug-likeness (QED) is 0.192. The molecule has 1 aliphatic rings. The molecule has 3 aromatic carbocycles. The number of aliphatic carboxylic acids is 1. The Hall–Kier alpha value is -3.90. The third kappa shape index (κ3) is 9.30. The second-order valence-corrected chi connectivity index (χ2v) is 11.1. The Balaban J connectivity index is 0.000000676. The van der Waals surface area contributed by atoms with Crippen LogP contribution >= 0.6 is 39.1 Å². The van der Waals surface area contributed by atoms with Gasteiger partial charge in [0.05, 0.1) is 38.8 Å². The van der Waals surface area contributed by atoms with Crippen LogP contribution in [0.2, 0.25) is 10.0 Å². The molecule has 0 unspecified atom stereocenters. The lowest BCUT2D eigenvalue weighted by Crippen LogP contribution is -2.42. The zero-order chi connectivity index (χ0) is 32.8. The van der Waals surface area contributed by atoms with Crippen LogP contribution in [0.5, 0.6) is 11.5 Å². The van der Waals surface area contributed by atoms with Gasteiger partial charge >= 0.3 is 12.1 Å². The highest BCUT2D eigenvalue weighted by Crippen LogP contribution is 2.36. The smallest absolute Gasteiger partial charge is 0.475 e. The second kappa shape index (κ2) is 14.3. The average Bonchev–Trinajstić information content (AvgIpc) is 3.73. The number of nitrogens with zero attached hydrogens (tertiary/aromatic N) is 1. The monoisotopic (exact) mass is 718 g/mol. The SMILES string of the molecule is N#Cc1cc(Cl)cc(Oc2c(Br)ccc(CC(=O)Nc3ccc(C(=O)NC4(CN)CC4)cc3Cl)c2F)c1.O=C(O)C(F)(F)F. The van der Waals surface area contributed by atoms with Gasteiger partial charge in [0.25, 0.3) is 5.91 Å². The van der Waals surface area contributed by atoms with Gasteiger partial charge in [0.1, 0.15) is 5.75 Å². The third-order valence-electron chi connectivity index (χ3n) is 6.07. The zero-order valence-electron chi connectivity index (χ0n) is 22.2. The number of rotatable bonds is 8. The molecule has 1 saturated carbocycles. The van der Waals surface area contributed by atoms with Gasteiger partial charge in [-0.25, -0.2) is 9.18 Å². The maximum absolute atomic E-state index is 15.3. The first-order valence-electron chi connectivity index (χ1n) is 12.3. The Bertz CT molecular complexity index is 1650. The van der Waals surface area contributed by atoms with Gasteiger partial charge in [-0.3, -0.25) is 9.59 Å². The highest BCUT2D eigenvalue weighted by atomic mass is 79.9. The summed E-state index contributed by atoms with van der Waals surface area (Å²) in [7, 11) is 0. The summed E-state index contributed by atoms with van der Waals surface area (Å²) in [5.41, 5.74) is 6.30. The number of carbonyl (C=O) groups is 3. The molecular formula is C28H21BrCl2F4N4O5. The summed E-state index contributed by atoms with van der Waals surface area (Å²) in [6, 6.07) is 13.8. The summed E-state index contributed by atoms with van der Waals surface area (Å²) in [5, 5.41) is 22.2. The van der Waals surface area contributed by atoms with E-state index in [0.717, 1.165) is 12.8 Å². The standard InChI is InChI=1S/C26H20BrCl2FN4O3.C2HF3O2/c27-19-3-1-15(23(30)24(19)37-18-8-14(12-31)7-17(28)11-18)10-22(35)33-21-4-2-16(9-20(21)29)25(36)34-26(13-32)5-6-26;3-2(4,5)1(6)7/h1-4,7-9,11H,5-6,10,13,32H2,(H,33,35)(H,34,36);(H,6,7). The summed E-state index contributed by atoms with van der Waals surface area (Å²) in [6.45, 7) is 0.361. The number of carbonyl (C=O) groups excluding carboxylic acids is 2. The number of alkyl halides is 3. The van der Waals surface area contributed by atoms with Crippen molar-refractivity contribution < 1.29 is 41.8 Å². The first-order valence-corrected chi connectivity index (χ1v) is 13.9. The van der Waals surface area contributed by atoms with Crippen molar-refractivity contribution in [2.75, 3.05) is 11.9 Å². The summed E-state index contributed by atoms with van der Waals surface area (Å²) in [6.07, 6.45) is -3.74. The van der Waals surface area contributed by atoms with E-state index in [1.807, 2.05) is 6.07 Å². The number of carboxylic acids is 1. The summed E-state index contributed by atoms with van der Waals surface area (Å²) < 4.78 is 53.0. The molecule has 9 nitrogen and oxygen atoms in total. The molecule has 0 spiro atoms. The van der Waals surface area contributed by atoms with Crippen molar-refractivity contribution in [3.8, 4) is 17.6 Å². The van der Waals surface area contributed by atoms with Gasteiger partial charge in [-0.1, -0.05) is 29.3 Å². The molecule has 0 saturated heterocycles. The van der Waals surface area contributed by atoms with E-state index in [2.05, 4.69) is 26.6 Å². The third-order valence-corrected chi connectivity index (χ3v) is 7.23. The van der Waals surface area contributed by atoms with Gasteiger partial charge in [-0.2, -0.15) is 18.4 Å². The molecule has 232 valence electrons. The number of halogens is 7. The van der Waals surface area contributed by atoms with Crippen LogP contribution in [0.4, 0.5) is 23.2 Å². The lowest BCUT2D eigenvalue weighted by Gasteiger charge is -2.16. The Morgan fingerprint density at radius 1 is 1.11 bits per heavy atom. The first kappa shape index (κ1) is 34.6. The largest absolute Gasteiger partial charge is 0.490 e. The number of amides is 2. The number of nitrogens with two attached hydrogens (primary N) is 1. The minimum atomic E-state index is -5.08. The van der Waals surface area contributed by atoms with Crippen LogP contribution in [0.1, 0.15) is 34.3 Å². The molecular weight excluding hydrogens is 699 g/mol. The maximum atomic E-state index is 15.3. The van der Waals surface area contributed by atoms with Crippen LogP contribution < -0.4 is 21.1 Å². The van der Waals surface area contributed by atoms with E-state index >= 15 is 4.39 Å². The van der Waals surface area contributed by atoms with Crippen LogP contribution in [0, 0.1) is 17.1 Å². The van der Waals surface area contributed by atoms with Gasteiger partial charge in [0.2, 0.25) is 5.91 Å². The number of benzene rings is 3. The fourth-order valence-corrected chi connectivity index (χ4v) is 4.42. The molecule has 0 heterocycles. The van der Waals surface area contributed by atoms with Crippen LogP contribution in [0.25, 0.3) is 0 Å². The normalized spacial score (nSPS) is 13.1. The molecule has 44 heavy (non-hydrogen) atoms. The van der Waals surface area contributed by atoms with Gasteiger partial charge in [-0.15, -0.1) is 0 Å². The number of nitriles is 1. The van der Waals surface area contributed by atoms with Crippen molar-refractivity contribution in [1.82, 2.24) is 5.32 Å². The molecule has 4 rings (SSSR count). The summed E-state index contributed by atoms with van der Waals surface area (Å²) in [4.78, 5) is 34.1. The molecule has 0 aromatic heterocycles. The van der Waals surface area contributed by atoms with E-state index in [1.165, 1.54) is 42.5 Å². The van der Waals surface area contributed by atoms with E-state index in [1.54, 1.807) is 6.07 Å². The average molecular weight is 720 g/mol. The number of hydrogen-bond acceptors (Lipinski definition) is 6. The van der Waals surface area contributed by atoms with Crippen LogP contribution in [-0.2, 0) is 16.0 Å². The van der Waals surface area contributed by atoms with Crippen molar-refractivity contribution >= 4 is 62.6 Å².